The van der Waals surface area contributed by atoms with E-state index in [1.165, 1.54) is 18.3 Å². The molecule has 1 amide bonds. The van der Waals surface area contributed by atoms with E-state index in [1.807, 2.05) is 11.8 Å². The van der Waals surface area contributed by atoms with Crippen molar-refractivity contribution in [3.05, 3.63) is 62.7 Å². The third-order valence-electron chi connectivity index (χ3n) is 4.71. The lowest BCUT2D eigenvalue weighted by atomic mass is 10.2. The van der Waals surface area contributed by atoms with Gasteiger partial charge in [0.05, 0.1) is 42.5 Å². The summed E-state index contributed by atoms with van der Waals surface area (Å²) < 4.78 is 16.7. The van der Waals surface area contributed by atoms with Gasteiger partial charge in [0.1, 0.15) is 6.61 Å². The molecule has 3 rings (SSSR count). The summed E-state index contributed by atoms with van der Waals surface area (Å²) in [5, 5.41) is 15.2. The van der Waals surface area contributed by atoms with Crippen LogP contribution in [0.1, 0.15) is 18.1 Å². The first-order valence-electron chi connectivity index (χ1n) is 10.4. The number of ether oxygens (including phenoxy) is 3. The topological polar surface area (TPSA) is 116 Å². The number of hydrogen-bond acceptors (Lipinski definition) is 8. The highest BCUT2D eigenvalue weighted by molar-refractivity contribution is 6.32. The molecule has 1 aliphatic rings. The number of benzene rings is 2. The molecule has 0 spiro atoms. The molecular weight excluding hydrogens is 452 g/mol. The predicted octanol–water partition coefficient (Wildman–Crippen LogP) is 3.01. The molecule has 0 saturated carbocycles. The summed E-state index contributed by atoms with van der Waals surface area (Å²) in [5.41, 5.74) is 3.71. The van der Waals surface area contributed by atoms with E-state index in [9.17, 15) is 14.9 Å². The summed E-state index contributed by atoms with van der Waals surface area (Å²) in [4.78, 5) is 24.6. The van der Waals surface area contributed by atoms with Crippen LogP contribution in [0.2, 0.25) is 5.02 Å². The molecule has 1 aliphatic heterocycles. The Hall–Kier alpha value is -3.21. The van der Waals surface area contributed by atoms with Crippen LogP contribution in [0.25, 0.3) is 0 Å². The Bertz CT molecular complexity index is 1010. The molecule has 0 bridgehead atoms. The maximum atomic E-state index is 12.1. The molecule has 10 nitrogen and oxygen atoms in total. The fourth-order valence-corrected chi connectivity index (χ4v) is 3.43. The van der Waals surface area contributed by atoms with Crippen molar-refractivity contribution in [3.8, 4) is 11.5 Å². The van der Waals surface area contributed by atoms with Crippen LogP contribution in [-0.4, -0.2) is 61.4 Å². The Balaban J connectivity index is 1.64. The Kier molecular flexibility index (Phi) is 8.99. The molecule has 2 aromatic rings. The van der Waals surface area contributed by atoms with Gasteiger partial charge in [-0.15, -0.1) is 0 Å². The quantitative estimate of drug-likeness (QED) is 0.318. The minimum atomic E-state index is -0.462. The van der Waals surface area contributed by atoms with Gasteiger partial charge < -0.3 is 14.2 Å². The molecule has 1 N–H and O–H groups in total. The predicted molar refractivity (Wildman–Crippen MR) is 123 cm³/mol. The van der Waals surface area contributed by atoms with Gasteiger partial charge in [0.2, 0.25) is 0 Å². The third kappa shape index (κ3) is 7.41. The number of nitro groups is 1. The molecule has 176 valence electrons. The smallest absolute Gasteiger partial charge is 0.269 e. The number of amides is 1. The van der Waals surface area contributed by atoms with Crippen molar-refractivity contribution >= 4 is 29.4 Å². The SMILES string of the molecule is CCOc1cc(/C=N/NC(=O)CN2CCOCC2)cc(Cl)c1OCc1cccc([N+](=O)[O-])c1. The molecular formula is C22H25ClN4O6. The number of rotatable bonds is 10. The largest absolute Gasteiger partial charge is 0.490 e. The molecule has 0 aliphatic carbocycles. The zero-order valence-electron chi connectivity index (χ0n) is 18.2. The van der Waals surface area contributed by atoms with Gasteiger partial charge in [-0.25, -0.2) is 5.43 Å². The van der Waals surface area contributed by atoms with Gasteiger partial charge in [0, 0.05) is 25.2 Å². The molecule has 0 atom stereocenters. The van der Waals surface area contributed by atoms with E-state index in [-0.39, 0.29) is 29.8 Å². The minimum absolute atomic E-state index is 0.0190. The summed E-state index contributed by atoms with van der Waals surface area (Å²) in [5.74, 6) is 0.497. The first-order valence-corrected chi connectivity index (χ1v) is 10.8. The van der Waals surface area contributed by atoms with Gasteiger partial charge in [-0.3, -0.25) is 19.8 Å². The molecule has 0 aromatic heterocycles. The second kappa shape index (κ2) is 12.1. The number of halogens is 1. The number of carbonyl (C=O) groups is 1. The van der Waals surface area contributed by atoms with Gasteiger partial charge in [0.25, 0.3) is 11.6 Å². The fraction of sp³-hybridized carbons (Fsp3) is 0.364. The number of non-ortho nitro benzene ring substituents is 1. The summed E-state index contributed by atoms with van der Waals surface area (Å²) in [6.45, 7) is 5.17. The van der Waals surface area contributed by atoms with Crippen molar-refractivity contribution < 1.29 is 23.9 Å². The number of hydrazone groups is 1. The average molecular weight is 477 g/mol. The van der Waals surface area contributed by atoms with Crippen LogP contribution in [-0.2, 0) is 16.1 Å². The van der Waals surface area contributed by atoms with E-state index < -0.39 is 4.92 Å². The second-order valence-electron chi connectivity index (χ2n) is 7.16. The van der Waals surface area contributed by atoms with Crippen molar-refractivity contribution in [2.24, 2.45) is 5.10 Å². The van der Waals surface area contributed by atoms with Crippen LogP contribution in [0.3, 0.4) is 0 Å². The first kappa shape index (κ1) is 24.4. The Morgan fingerprint density at radius 3 is 2.82 bits per heavy atom. The summed E-state index contributed by atoms with van der Waals surface area (Å²) in [6.07, 6.45) is 1.47. The van der Waals surface area contributed by atoms with Crippen molar-refractivity contribution in [2.45, 2.75) is 13.5 Å². The van der Waals surface area contributed by atoms with Crippen molar-refractivity contribution in [1.29, 1.82) is 0 Å². The lowest BCUT2D eigenvalue weighted by molar-refractivity contribution is -0.384. The number of nitrogens with zero attached hydrogens (tertiary/aromatic N) is 3. The summed E-state index contributed by atoms with van der Waals surface area (Å²) in [7, 11) is 0. The lowest BCUT2D eigenvalue weighted by Gasteiger charge is -2.25. The second-order valence-corrected chi connectivity index (χ2v) is 7.57. The van der Waals surface area contributed by atoms with Crippen LogP contribution in [0, 0.1) is 10.1 Å². The average Bonchev–Trinajstić information content (AvgIpc) is 2.79. The van der Waals surface area contributed by atoms with Gasteiger partial charge in [-0.05, 0) is 30.2 Å². The van der Waals surface area contributed by atoms with E-state index in [2.05, 4.69) is 10.5 Å². The number of hydrogen-bond donors (Lipinski definition) is 1. The highest BCUT2D eigenvalue weighted by Gasteiger charge is 2.15. The molecule has 0 unspecified atom stereocenters. The minimum Gasteiger partial charge on any atom is -0.490 e. The molecule has 11 heteroatoms. The molecule has 2 aromatic carbocycles. The van der Waals surface area contributed by atoms with Crippen molar-refractivity contribution in [3.63, 3.8) is 0 Å². The highest BCUT2D eigenvalue weighted by Crippen LogP contribution is 2.37. The maximum Gasteiger partial charge on any atom is 0.269 e. The molecule has 1 heterocycles. The van der Waals surface area contributed by atoms with Crippen LogP contribution in [0.15, 0.2) is 41.5 Å². The third-order valence-corrected chi connectivity index (χ3v) is 4.99. The Morgan fingerprint density at radius 1 is 1.30 bits per heavy atom. The number of morpholine rings is 1. The zero-order chi connectivity index (χ0) is 23.6. The zero-order valence-corrected chi connectivity index (χ0v) is 18.9. The molecule has 0 radical (unpaired) electrons. The first-order chi connectivity index (χ1) is 16.0. The van der Waals surface area contributed by atoms with Crippen molar-refractivity contribution in [2.75, 3.05) is 39.5 Å². The molecule has 33 heavy (non-hydrogen) atoms. The van der Waals surface area contributed by atoms with Crippen LogP contribution >= 0.6 is 11.6 Å². The van der Waals surface area contributed by atoms with Crippen LogP contribution < -0.4 is 14.9 Å². The fourth-order valence-electron chi connectivity index (χ4n) is 3.16. The van der Waals surface area contributed by atoms with E-state index in [1.54, 1.807) is 24.3 Å². The number of carbonyl (C=O) groups excluding carboxylic acids is 1. The highest BCUT2D eigenvalue weighted by atomic mass is 35.5. The number of nitrogens with one attached hydrogen (secondary N) is 1. The van der Waals surface area contributed by atoms with Gasteiger partial charge in [-0.2, -0.15) is 5.10 Å². The Morgan fingerprint density at radius 2 is 2.09 bits per heavy atom. The van der Waals surface area contributed by atoms with E-state index in [0.29, 0.717) is 55.5 Å². The van der Waals surface area contributed by atoms with E-state index >= 15 is 0 Å². The van der Waals surface area contributed by atoms with Crippen LogP contribution in [0.5, 0.6) is 11.5 Å². The van der Waals surface area contributed by atoms with Gasteiger partial charge >= 0.3 is 0 Å². The number of nitro benzene ring substituents is 1. The maximum absolute atomic E-state index is 12.1. The van der Waals surface area contributed by atoms with E-state index in [4.69, 9.17) is 25.8 Å². The molecule has 1 saturated heterocycles. The monoisotopic (exact) mass is 476 g/mol. The van der Waals surface area contributed by atoms with Gasteiger partial charge in [0.15, 0.2) is 11.5 Å². The van der Waals surface area contributed by atoms with Gasteiger partial charge in [-0.1, -0.05) is 23.7 Å². The Labute approximate surface area is 196 Å². The standard InChI is InChI=1S/C22H25ClN4O6/c1-2-32-20-12-17(13-24-25-21(28)14-26-6-8-31-9-7-26)11-19(23)22(20)33-15-16-4-3-5-18(10-16)27(29)30/h3-5,10-13H,2,6-9,14-15H2,1H3,(H,25,28)/b24-13+. The van der Waals surface area contributed by atoms with Crippen molar-refractivity contribution in [1.82, 2.24) is 10.3 Å². The lowest BCUT2D eigenvalue weighted by Crippen LogP contribution is -2.42. The molecule has 1 fully saturated rings. The summed E-state index contributed by atoms with van der Waals surface area (Å²) in [6, 6.07) is 9.49. The van der Waals surface area contributed by atoms with Crippen LogP contribution in [0.4, 0.5) is 5.69 Å². The van der Waals surface area contributed by atoms with E-state index in [0.717, 1.165) is 0 Å². The summed E-state index contributed by atoms with van der Waals surface area (Å²) >= 11 is 6.41. The normalized spacial score (nSPS) is 14.2.